The summed E-state index contributed by atoms with van der Waals surface area (Å²) < 4.78 is 39.2. The number of nitriles is 1. The van der Waals surface area contributed by atoms with Crippen LogP contribution in [0.25, 0.3) is 0 Å². The maximum Gasteiger partial charge on any atom is 0.416 e. The molecule has 1 aliphatic rings. The molecule has 1 aromatic rings. The third-order valence-electron chi connectivity index (χ3n) is 4.54. The lowest BCUT2D eigenvalue weighted by Crippen LogP contribution is -2.27. The van der Waals surface area contributed by atoms with Crippen molar-refractivity contribution in [2.45, 2.75) is 44.9 Å². The maximum atomic E-state index is 13.1. The van der Waals surface area contributed by atoms with Crippen LogP contribution in [0.1, 0.15) is 49.8 Å². The third kappa shape index (κ3) is 2.91. The Morgan fingerprint density at radius 3 is 2.62 bits per heavy atom. The standard InChI is InChI=1S/C16H18F3NO/c1-2-11-7-8-15(9-11,10-20)14(21)12-5-3-4-6-13(12)16(17,18)19/h3-6,11,14,21H,2,7-9H2,1H3. The predicted octanol–water partition coefficient (Wildman–Crippen LogP) is 4.46. The molecule has 3 unspecified atom stereocenters. The summed E-state index contributed by atoms with van der Waals surface area (Å²) in [6.07, 6.45) is -3.40. The van der Waals surface area contributed by atoms with Crippen molar-refractivity contribution in [3.8, 4) is 6.07 Å². The van der Waals surface area contributed by atoms with Gasteiger partial charge in [0, 0.05) is 0 Å². The molecular weight excluding hydrogens is 279 g/mol. The van der Waals surface area contributed by atoms with Crippen LogP contribution in [0, 0.1) is 22.7 Å². The predicted molar refractivity (Wildman–Crippen MR) is 72.1 cm³/mol. The van der Waals surface area contributed by atoms with E-state index in [1.54, 1.807) is 0 Å². The topological polar surface area (TPSA) is 44.0 Å². The van der Waals surface area contributed by atoms with Gasteiger partial charge in [0.1, 0.15) is 0 Å². The van der Waals surface area contributed by atoms with E-state index in [2.05, 4.69) is 6.07 Å². The number of halogens is 3. The van der Waals surface area contributed by atoms with E-state index in [1.165, 1.54) is 18.2 Å². The van der Waals surface area contributed by atoms with Gasteiger partial charge >= 0.3 is 6.18 Å². The number of hydrogen-bond acceptors (Lipinski definition) is 2. The molecule has 1 fully saturated rings. The van der Waals surface area contributed by atoms with Crippen molar-refractivity contribution < 1.29 is 18.3 Å². The number of alkyl halides is 3. The van der Waals surface area contributed by atoms with Crippen molar-refractivity contribution in [1.29, 1.82) is 5.26 Å². The fraction of sp³-hybridized carbons (Fsp3) is 0.562. The van der Waals surface area contributed by atoms with Crippen LogP contribution in [0.15, 0.2) is 24.3 Å². The molecule has 21 heavy (non-hydrogen) atoms. The zero-order valence-corrected chi connectivity index (χ0v) is 11.8. The molecule has 0 heterocycles. The van der Waals surface area contributed by atoms with Crippen LogP contribution in [-0.2, 0) is 6.18 Å². The van der Waals surface area contributed by atoms with Crippen LogP contribution in [0.4, 0.5) is 13.2 Å². The molecule has 1 N–H and O–H groups in total. The van der Waals surface area contributed by atoms with Crippen molar-refractivity contribution in [1.82, 2.24) is 0 Å². The lowest BCUT2D eigenvalue weighted by molar-refractivity contribution is -0.139. The molecule has 1 saturated carbocycles. The van der Waals surface area contributed by atoms with Crippen LogP contribution < -0.4 is 0 Å². The molecule has 0 spiro atoms. The van der Waals surface area contributed by atoms with Gasteiger partial charge in [-0.25, -0.2) is 0 Å². The first-order chi connectivity index (χ1) is 9.84. The Morgan fingerprint density at radius 2 is 2.10 bits per heavy atom. The average molecular weight is 297 g/mol. The van der Waals surface area contributed by atoms with Gasteiger partial charge in [-0.15, -0.1) is 0 Å². The first kappa shape index (κ1) is 15.8. The highest BCUT2D eigenvalue weighted by molar-refractivity contribution is 5.34. The zero-order chi connectivity index (χ0) is 15.7. The molecule has 1 aliphatic carbocycles. The summed E-state index contributed by atoms with van der Waals surface area (Å²) in [5.41, 5.74) is -2.16. The van der Waals surface area contributed by atoms with Crippen molar-refractivity contribution >= 4 is 0 Å². The van der Waals surface area contributed by atoms with Crippen molar-refractivity contribution in [3.05, 3.63) is 35.4 Å². The molecule has 3 atom stereocenters. The molecule has 0 bridgehead atoms. The maximum absolute atomic E-state index is 13.1. The molecule has 5 heteroatoms. The molecule has 2 nitrogen and oxygen atoms in total. The largest absolute Gasteiger partial charge is 0.416 e. The number of rotatable bonds is 3. The monoisotopic (exact) mass is 297 g/mol. The van der Waals surface area contributed by atoms with Crippen LogP contribution in [0.3, 0.4) is 0 Å². The van der Waals surface area contributed by atoms with Gasteiger partial charge in [0.25, 0.3) is 0 Å². The molecule has 0 amide bonds. The Bertz CT molecular complexity index is 549. The van der Waals surface area contributed by atoms with E-state index in [4.69, 9.17) is 0 Å². The van der Waals surface area contributed by atoms with Crippen LogP contribution in [0.2, 0.25) is 0 Å². The highest BCUT2D eigenvalue weighted by Gasteiger charge is 2.47. The summed E-state index contributed by atoms with van der Waals surface area (Å²) in [7, 11) is 0. The number of hydrogen-bond donors (Lipinski definition) is 1. The van der Waals surface area contributed by atoms with Crippen LogP contribution in [-0.4, -0.2) is 5.11 Å². The van der Waals surface area contributed by atoms with Crippen LogP contribution >= 0.6 is 0 Å². The summed E-state index contributed by atoms with van der Waals surface area (Å²) in [4.78, 5) is 0. The van der Waals surface area contributed by atoms with E-state index >= 15 is 0 Å². The normalized spacial score (nSPS) is 27.3. The second-order valence-electron chi connectivity index (χ2n) is 5.77. The molecule has 2 rings (SSSR count). The SMILES string of the molecule is CCC1CCC(C#N)(C(O)c2ccccc2C(F)(F)F)C1. The lowest BCUT2D eigenvalue weighted by Gasteiger charge is -2.29. The number of nitrogens with zero attached hydrogens (tertiary/aromatic N) is 1. The van der Waals surface area contributed by atoms with Crippen LogP contribution in [0.5, 0.6) is 0 Å². The molecule has 1 aromatic carbocycles. The van der Waals surface area contributed by atoms with E-state index in [0.29, 0.717) is 12.8 Å². The number of benzene rings is 1. The number of aliphatic hydroxyl groups excluding tert-OH is 1. The summed E-state index contributed by atoms with van der Waals surface area (Å²) in [5.74, 6) is 0.289. The molecule has 0 saturated heterocycles. The first-order valence-corrected chi connectivity index (χ1v) is 7.09. The van der Waals surface area contributed by atoms with E-state index in [-0.39, 0.29) is 11.5 Å². The highest BCUT2D eigenvalue weighted by Crippen LogP contribution is 2.52. The molecule has 0 radical (unpaired) electrons. The Balaban J connectivity index is 2.41. The van der Waals surface area contributed by atoms with Crippen molar-refractivity contribution in [2.24, 2.45) is 11.3 Å². The van der Waals surface area contributed by atoms with Gasteiger partial charge in [-0.1, -0.05) is 31.5 Å². The van der Waals surface area contributed by atoms with E-state index in [1.807, 2.05) is 6.92 Å². The molecule has 0 aliphatic heterocycles. The average Bonchev–Trinajstić information content (AvgIpc) is 2.90. The van der Waals surface area contributed by atoms with Gasteiger partial charge in [-0.2, -0.15) is 18.4 Å². The van der Waals surface area contributed by atoms with Gasteiger partial charge in [-0.05, 0) is 36.8 Å². The third-order valence-corrected chi connectivity index (χ3v) is 4.54. The van der Waals surface area contributed by atoms with Gasteiger partial charge in [0.2, 0.25) is 0 Å². The molecular formula is C16H18F3NO. The highest BCUT2D eigenvalue weighted by atomic mass is 19.4. The van der Waals surface area contributed by atoms with Gasteiger partial charge in [-0.3, -0.25) is 0 Å². The fourth-order valence-corrected chi connectivity index (χ4v) is 3.23. The summed E-state index contributed by atoms with van der Waals surface area (Å²) in [5, 5.41) is 20.0. The Hall–Kier alpha value is -1.54. The smallest absolute Gasteiger partial charge is 0.387 e. The fourth-order valence-electron chi connectivity index (χ4n) is 3.23. The summed E-state index contributed by atoms with van der Waals surface area (Å²) >= 11 is 0. The van der Waals surface area contributed by atoms with E-state index in [0.717, 1.165) is 18.9 Å². The Kier molecular flexibility index (Phi) is 4.29. The zero-order valence-electron chi connectivity index (χ0n) is 11.8. The minimum absolute atomic E-state index is 0.191. The Labute approximate surface area is 122 Å². The quantitative estimate of drug-likeness (QED) is 0.895. The summed E-state index contributed by atoms with van der Waals surface area (Å²) in [6, 6.07) is 7.08. The lowest BCUT2D eigenvalue weighted by atomic mass is 9.76. The minimum Gasteiger partial charge on any atom is -0.387 e. The van der Waals surface area contributed by atoms with E-state index < -0.39 is 23.3 Å². The van der Waals surface area contributed by atoms with E-state index in [9.17, 15) is 23.5 Å². The number of aliphatic hydroxyl groups is 1. The summed E-state index contributed by atoms with van der Waals surface area (Å²) in [6.45, 7) is 1.99. The Morgan fingerprint density at radius 1 is 1.43 bits per heavy atom. The minimum atomic E-state index is -4.53. The van der Waals surface area contributed by atoms with Gasteiger partial charge in [0.15, 0.2) is 0 Å². The van der Waals surface area contributed by atoms with Crippen molar-refractivity contribution in [3.63, 3.8) is 0 Å². The van der Waals surface area contributed by atoms with Crippen molar-refractivity contribution in [2.75, 3.05) is 0 Å². The first-order valence-electron chi connectivity index (χ1n) is 7.09. The second kappa shape index (κ2) is 5.69. The second-order valence-corrected chi connectivity index (χ2v) is 5.77. The molecule has 114 valence electrons. The molecule has 0 aromatic heterocycles. The van der Waals surface area contributed by atoms with Gasteiger partial charge < -0.3 is 5.11 Å². The van der Waals surface area contributed by atoms with Gasteiger partial charge in [0.05, 0.1) is 23.2 Å².